The standard InChI is InChI=1S/C17H26N2O2/c1-3-10-21-15-11-13(2)6-7-14(15)19-16(20)12-17(18)8-4-5-9-17/h6-7,11H,3-5,8-10,12,18H2,1-2H3,(H,19,20). The fourth-order valence-electron chi connectivity index (χ4n) is 2.83. The zero-order chi connectivity index (χ0) is 15.3. The molecule has 0 atom stereocenters. The van der Waals surface area contributed by atoms with Gasteiger partial charge >= 0.3 is 0 Å². The zero-order valence-corrected chi connectivity index (χ0v) is 13.1. The van der Waals surface area contributed by atoms with Crippen LogP contribution >= 0.6 is 0 Å². The van der Waals surface area contributed by atoms with E-state index in [2.05, 4.69) is 12.2 Å². The molecule has 2 rings (SSSR count). The van der Waals surface area contributed by atoms with E-state index in [0.717, 1.165) is 49.1 Å². The Morgan fingerprint density at radius 3 is 2.76 bits per heavy atom. The van der Waals surface area contributed by atoms with Crippen molar-refractivity contribution < 1.29 is 9.53 Å². The lowest BCUT2D eigenvalue weighted by Gasteiger charge is -2.23. The van der Waals surface area contributed by atoms with Crippen LogP contribution < -0.4 is 15.8 Å². The number of nitrogens with two attached hydrogens (primary N) is 1. The number of ether oxygens (including phenoxy) is 1. The van der Waals surface area contributed by atoms with Gasteiger partial charge in [-0.2, -0.15) is 0 Å². The van der Waals surface area contributed by atoms with E-state index in [1.165, 1.54) is 0 Å². The Bertz CT molecular complexity index is 494. The Morgan fingerprint density at radius 2 is 2.10 bits per heavy atom. The van der Waals surface area contributed by atoms with Crippen molar-refractivity contribution in [2.24, 2.45) is 5.73 Å². The first kappa shape index (κ1) is 15.8. The van der Waals surface area contributed by atoms with Gasteiger partial charge in [0, 0.05) is 12.0 Å². The second-order valence-electron chi connectivity index (χ2n) is 6.14. The number of carbonyl (C=O) groups excluding carboxylic acids is 1. The van der Waals surface area contributed by atoms with Crippen LogP contribution in [0.25, 0.3) is 0 Å². The molecule has 21 heavy (non-hydrogen) atoms. The van der Waals surface area contributed by atoms with Crippen molar-refractivity contribution >= 4 is 11.6 Å². The van der Waals surface area contributed by atoms with Gasteiger partial charge in [0.25, 0.3) is 0 Å². The third-order valence-corrected chi connectivity index (χ3v) is 3.98. The van der Waals surface area contributed by atoms with Crippen LogP contribution in [0, 0.1) is 6.92 Å². The average Bonchev–Trinajstić information content (AvgIpc) is 2.85. The molecule has 0 spiro atoms. The van der Waals surface area contributed by atoms with Gasteiger partial charge in [-0.3, -0.25) is 4.79 Å². The number of amides is 1. The van der Waals surface area contributed by atoms with E-state index in [9.17, 15) is 4.79 Å². The van der Waals surface area contributed by atoms with Gasteiger partial charge in [-0.1, -0.05) is 25.8 Å². The Kier molecular flexibility index (Phi) is 5.23. The van der Waals surface area contributed by atoms with E-state index in [0.29, 0.717) is 13.0 Å². The third-order valence-electron chi connectivity index (χ3n) is 3.98. The lowest BCUT2D eigenvalue weighted by Crippen LogP contribution is -2.40. The van der Waals surface area contributed by atoms with Gasteiger partial charge in [-0.25, -0.2) is 0 Å². The van der Waals surface area contributed by atoms with Crippen LogP contribution in [-0.4, -0.2) is 18.1 Å². The Balaban J connectivity index is 2.02. The molecule has 0 aromatic heterocycles. The molecule has 0 radical (unpaired) electrons. The molecule has 0 unspecified atom stereocenters. The highest BCUT2D eigenvalue weighted by molar-refractivity contribution is 5.93. The molecule has 1 fully saturated rings. The summed E-state index contributed by atoms with van der Waals surface area (Å²) >= 11 is 0. The highest BCUT2D eigenvalue weighted by Gasteiger charge is 2.31. The molecule has 0 aliphatic heterocycles. The topological polar surface area (TPSA) is 64.3 Å². The number of aryl methyl sites for hydroxylation is 1. The lowest BCUT2D eigenvalue weighted by atomic mass is 9.94. The summed E-state index contributed by atoms with van der Waals surface area (Å²) in [6.45, 7) is 4.72. The smallest absolute Gasteiger partial charge is 0.226 e. The first-order valence-corrected chi connectivity index (χ1v) is 7.84. The Morgan fingerprint density at radius 1 is 1.38 bits per heavy atom. The largest absolute Gasteiger partial charge is 0.491 e. The van der Waals surface area contributed by atoms with Gasteiger partial charge in [-0.05, 0) is 43.9 Å². The minimum absolute atomic E-state index is 0.0235. The van der Waals surface area contributed by atoms with Crippen LogP contribution in [0.2, 0.25) is 0 Å². The van der Waals surface area contributed by atoms with E-state index >= 15 is 0 Å². The average molecular weight is 290 g/mol. The van der Waals surface area contributed by atoms with E-state index in [1.807, 2.05) is 25.1 Å². The van der Waals surface area contributed by atoms with Gasteiger partial charge in [0.1, 0.15) is 5.75 Å². The summed E-state index contributed by atoms with van der Waals surface area (Å²) in [4.78, 5) is 12.2. The Labute approximate surface area is 127 Å². The van der Waals surface area contributed by atoms with Gasteiger partial charge in [0.05, 0.1) is 12.3 Å². The molecular weight excluding hydrogens is 264 g/mol. The number of hydrogen-bond donors (Lipinski definition) is 2. The number of anilines is 1. The maximum absolute atomic E-state index is 12.2. The van der Waals surface area contributed by atoms with Crippen LogP contribution in [0.1, 0.15) is 51.0 Å². The van der Waals surface area contributed by atoms with Gasteiger partial charge in [-0.15, -0.1) is 0 Å². The minimum atomic E-state index is -0.320. The summed E-state index contributed by atoms with van der Waals surface area (Å²) in [6.07, 6.45) is 5.45. The fourth-order valence-corrected chi connectivity index (χ4v) is 2.83. The highest BCUT2D eigenvalue weighted by Crippen LogP contribution is 2.31. The second kappa shape index (κ2) is 6.94. The lowest BCUT2D eigenvalue weighted by molar-refractivity contribution is -0.117. The molecule has 0 heterocycles. The molecule has 1 aromatic rings. The third kappa shape index (κ3) is 4.46. The molecule has 0 bridgehead atoms. The summed E-state index contributed by atoms with van der Waals surface area (Å²) in [6, 6.07) is 5.83. The summed E-state index contributed by atoms with van der Waals surface area (Å²) in [5, 5.41) is 2.95. The van der Waals surface area contributed by atoms with E-state index in [4.69, 9.17) is 10.5 Å². The summed E-state index contributed by atoms with van der Waals surface area (Å²) in [7, 11) is 0. The molecule has 0 saturated heterocycles. The van der Waals surface area contributed by atoms with E-state index in [-0.39, 0.29) is 11.4 Å². The van der Waals surface area contributed by atoms with E-state index in [1.54, 1.807) is 0 Å². The normalized spacial score (nSPS) is 16.7. The zero-order valence-electron chi connectivity index (χ0n) is 13.1. The monoisotopic (exact) mass is 290 g/mol. The van der Waals surface area contributed by atoms with Crippen LogP contribution in [0.4, 0.5) is 5.69 Å². The van der Waals surface area contributed by atoms with Crippen molar-refractivity contribution in [3.05, 3.63) is 23.8 Å². The maximum Gasteiger partial charge on any atom is 0.226 e. The predicted molar refractivity (Wildman–Crippen MR) is 85.6 cm³/mol. The van der Waals surface area contributed by atoms with Crippen molar-refractivity contribution in [1.82, 2.24) is 0 Å². The van der Waals surface area contributed by atoms with Gasteiger partial charge in [0.15, 0.2) is 0 Å². The molecular formula is C17H26N2O2. The van der Waals surface area contributed by atoms with Crippen LogP contribution in [0.15, 0.2) is 18.2 Å². The number of nitrogens with one attached hydrogen (secondary N) is 1. The van der Waals surface area contributed by atoms with Crippen LogP contribution in [0.3, 0.4) is 0 Å². The van der Waals surface area contributed by atoms with Crippen LogP contribution in [-0.2, 0) is 4.79 Å². The van der Waals surface area contributed by atoms with Crippen molar-refractivity contribution in [3.8, 4) is 5.75 Å². The van der Waals surface area contributed by atoms with Gasteiger partial charge in [0.2, 0.25) is 5.91 Å². The SMILES string of the molecule is CCCOc1cc(C)ccc1NC(=O)CC1(N)CCCC1. The van der Waals surface area contributed by atoms with Gasteiger partial charge < -0.3 is 15.8 Å². The quantitative estimate of drug-likeness (QED) is 0.844. The van der Waals surface area contributed by atoms with Crippen molar-refractivity contribution in [2.75, 3.05) is 11.9 Å². The summed E-state index contributed by atoms with van der Waals surface area (Å²) in [5.74, 6) is 0.715. The fraction of sp³-hybridized carbons (Fsp3) is 0.588. The number of rotatable bonds is 6. The maximum atomic E-state index is 12.2. The molecule has 1 aliphatic carbocycles. The molecule has 3 N–H and O–H groups in total. The Hall–Kier alpha value is -1.55. The van der Waals surface area contributed by atoms with Crippen molar-refractivity contribution in [1.29, 1.82) is 0 Å². The summed E-state index contributed by atoms with van der Waals surface area (Å²) in [5.41, 5.74) is 7.80. The first-order valence-electron chi connectivity index (χ1n) is 7.84. The predicted octanol–water partition coefficient (Wildman–Crippen LogP) is 3.38. The van der Waals surface area contributed by atoms with Crippen molar-refractivity contribution in [2.45, 2.75) is 57.9 Å². The molecule has 1 amide bonds. The second-order valence-corrected chi connectivity index (χ2v) is 6.14. The number of benzene rings is 1. The molecule has 1 aliphatic rings. The number of carbonyl (C=O) groups is 1. The molecule has 4 nitrogen and oxygen atoms in total. The van der Waals surface area contributed by atoms with Crippen LogP contribution in [0.5, 0.6) is 5.75 Å². The molecule has 1 aromatic carbocycles. The first-order chi connectivity index (χ1) is 10.0. The number of hydrogen-bond acceptors (Lipinski definition) is 3. The molecule has 116 valence electrons. The minimum Gasteiger partial charge on any atom is -0.491 e. The van der Waals surface area contributed by atoms with E-state index < -0.39 is 0 Å². The highest BCUT2D eigenvalue weighted by atomic mass is 16.5. The molecule has 4 heteroatoms. The molecule has 1 saturated carbocycles. The van der Waals surface area contributed by atoms with Crippen molar-refractivity contribution in [3.63, 3.8) is 0 Å². The summed E-state index contributed by atoms with van der Waals surface area (Å²) < 4.78 is 5.72.